The van der Waals surface area contributed by atoms with Crippen LogP contribution < -0.4 is 10.2 Å². The molecule has 0 atom stereocenters. The van der Waals surface area contributed by atoms with E-state index in [2.05, 4.69) is 25.2 Å². The maximum absolute atomic E-state index is 11.6. The third-order valence-electron chi connectivity index (χ3n) is 3.61. The molecule has 0 bridgehead atoms. The van der Waals surface area contributed by atoms with Gasteiger partial charge < -0.3 is 15.0 Å². The molecule has 3 rings (SSSR count). The van der Waals surface area contributed by atoms with Crippen molar-refractivity contribution in [3.05, 3.63) is 42.0 Å². The Morgan fingerprint density at radius 3 is 2.83 bits per heavy atom. The predicted octanol–water partition coefficient (Wildman–Crippen LogP) is 1.22. The fourth-order valence-corrected chi connectivity index (χ4v) is 2.38. The first-order chi connectivity index (χ1) is 11.7. The number of aromatic nitrogens is 3. The Kier molecular flexibility index (Phi) is 4.52. The number of anilines is 2. The molecule has 0 saturated carbocycles. The Balaban J connectivity index is 1.57. The number of carbonyl (C=O) groups excluding carboxylic acids is 1. The number of ether oxygens (including phenoxy) is 1. The third kappa shape index (κ3) is 3.25. The van der Waals surface area contributed by atoms with Crippen LogP contribution in [0.5, 0.6) is 0 Å². The van der Waals surface area contributed by atoms with E-state index in [-0.39, 0.29) is 17.7 Å². The molecule has 2 aromatic heterocycles. The SMILES string of the molecule is CCOC(=O)c1ccc(N2CC(Nc3nccnc3C#N)C2)nc1. The van der Waals surface area contributed by atoms with Crippen LogP contribution in [0.1, 0.15) is 23.0 Å². The highest BCUT2D eigenvalue weighted by Gasteiger charge is 2.28. The van der Waals surface area contributed by atoms with Crippen LogP contribution >= 0.6 is 0 Å². The fraction of sp³-hybridized carbons (Fsp3) is 0.312. The highest BCUT2D eigenvalue weighted by molar-refractivity contribution is 5.89. The molecule has 0 aliphatic carbocycles. The van der Waals surface area contributed by atoms with Crippen LogP contribution in [0.15, 0.2) is 30.7 Å². The Hall–Kier alpha value is -3.21. The van der Waals surface area contributed by atoms with Crippen molar-refractivity contribution in [1.29, 1.82) is 5.26 Å². The van der Waals surface area contributed by atoms with Crippen LogP contribution in [0.3, 0.4) is 0 Å². The van der Waals surface area contributed by atoms with Gasteiger partial charge in [-0.1, -0.05) is 0 Å². The molecular weight excluding hydrogens is 308 g/mol. The molecule has 24 heavy (non-hydrogen) atoms. The Morgan fingerprint density at radius 1 is 1.38 bits per heavy atom. The number of hydrogen-bond acceptors (Lipinski definition) is 8. The lowest BCUT2D eigenvalue weighted by Crippen LogP contribution is -2.55. The van der Waals surface area contributed by atoms with E-state index >= 15 is 0 Å². The van der Waals surface area contributed by atoms with E-state index in [1.54, 1.807) is 25.3 Å². The van der Waals surface area contributed by atoms with Crippen molar-refractivity contribution >= 4 is 17.6 Å². The summed E-state index contributed by atoms with van der Waals surface area (Å²) in [5.74, 6) is 0.919. The van der Waals surface area contributed by atoms with Gasteiger partial charge in [0.1, 0.15) is 11.9 Å². The second-order valence-electron chi connectivity index (χ2n) is 5.24. The van der Waals surface area contributed by atoms with Crippen LogP contribution in [0, 0.1) is 11.3 Å². The Morgan fingerprint density at radius 2 is 2.17 bits per heavy atom. The quantitative estimate of drug-likeness (QED) is 0.819. The van der Waals surface area contributed by atoms with Crippen molar-refractivity contribution in [1.82, 2.24) is 15.0 Å². The number of esters is 1. The molecule has 1 aliphatic heterocycles. The molecule has 8 heteroatoms. The standard InChI is InChI=1S/C16H16N6O2/c1-2-24-16(23)11-3-4-14(20-8-11)22-9-12(10-22)21-15-13(7-17)18-5-6-19-15/h3-6,8,12H,2,9-10H2,1H3,(H,19,21). The second-order valence-corrected chi connectivity index (χ2v) is 5.24. The first kappa shape index (κ1) is 15.7. The summed E-state index contributed by atoms with van der Waals surface area (Å²) in [4.78, 5) is 26.1. The molecule has 1 N–H and O–H groups in total. The summed E-state index contributed by atoms with van der Waals surface area (Å²) in [5.41, 5.74) is 0.724. The zero-order valence-electron chi connectivity index (χ0n) is 13.1. The minimum atomic E-state index is -0.369. The van der Waals surface area contributed by atoms with E-state index in [1.165, 1.54) is 12.4 Å². The number of nitrogens with one attached hydrogen (secondary N) is 1. The van der Waals surface area contributed by atoms with Gasteiger partial charge in [-0.2, -0.15) is 5.26 Å². The van der Waals surface area contributed by atoms with Crippen molar-refractivity contribution in [2.45, 2.75) is 13.0 Å². The highest BCUT2D eigenvalue weighted by Crippen LogP contribution is 2.21. The Bertz CT molecular complexity index is 765. The molecule has 2 aromatic rings. The molecule has 1 fully saturated rings. The van der Waals surface area contributed by atoms with Gasteiger partial charge >= 0.3 is 5.97 Å². The third-order valence-corrected chi connectivity index (χ3v) is 3.61. The monoisotopic (exact) mass is 324 g/mol. The molecule has 0 unspecified atom stereocenters. The van der Waals surface area contributed by atoms with Crippen LogP contribution in [0.25, 0.3) is 0 Å². The van der Waals surface area contributed by atoms with Gasteiger partial charge in [0.05, 0.1) is 18.2 Å². The topological polar surface area (TPSA) is 104 Å². The molecular formula is C16H16N6O2. The molecule has 0 amide bonds. The van der Waals surface area contributed by atoms with Crippen molar-refractivity contribution in [2.24, 2.45) is 0 Å². The molecule has 0 aromatic carbocycles. The zero-order valence-corrected chi connectivity index (χ0v) is 13.1. The van der Waals surface area contributed by atoms with E-state index in [1.807, 2.05) is 6.07 Å². The fourth-order valence-electron chi connectivity index (χ4n) is 2.38. The number of hydrogen-bond donors (Lipinski definition) is 1. The van der Waals surface area contributed by atoms with E-state index in [4.69, 9.17) is 10.00 Å². The first-order valence-electron chi connectivity index (χ1n) is 7.57. The van der Waals surface area contributed by atoms with Crippen molar-refractivity contribution in [3.63, 3.8) is 0 Å². The number of nitriles is 1. The normalized spacial score (nSPS) is 13.8. The molecule has 1 aliphatic rings. The van der Waals surface area contributed by atoms with Gasteiger partial charge in [0.15, 0.2) is 11.5 Å². The summed E-state index contributed by atoms with van der Waals surface area (Å²) < 4.78 is 4.93. The summed E-state index contributed by atoms with van der Waals surface area (Å²) in [5, 5.41) is 12.2. The maximum Gasteiger partial charge on any atom is 0.339 e. The van der Waals surface area contributed by atoms with E-state index in [9.17, 15) is 4.79 Å². The molecule has 0 radical (unpaired) electrons. The second kappa shape index (κ2) is 6.91. The van der Waals surface area contributed by atoms with Gasteiger partial charge in [-0.05, 0) is 19.1 Å². The van der Waals surface area contributed by atoms with Gasteiger partial charge in [0.25, 0.3) is 0 Å². The number of rotatable bonds is 5. The minimum absolute atomic E-state index is 0.167. The van der Waals surface area contributed by atoms with Gasteiger partial charge in [-0.3, -0.25) is 0 Å². The summed E-state index contributed by atoms with van der Waals surface area (Å²) in [6.45, 7) is 3.56. The van der Waals surface area contributed by atoms with Gasteiger partial charge in [-0.15, -0.1) is 0 Å². The van der Waals surface area contributed by atoms with Crippen molar-refractivity contribution in [2.75, 3.05) is 29.9 Å². The average Bonchev–Trinajstić information content (AvgIpc) is 2.58. The average molecular weight is 324 g/mol. The number of nitrogens with zero attached hydrogens (tertiary/aromatic N) is 5. The molecule has 0 spiro atoms. The van der Waals surface area contributed by atoms with E-state index in [0.717, 1.165) is 18.9 Å². The lowest BCUT2D eigenvalue weighted by molar-refractivity contribution is 0.0526. The lowest BCUT2D eigenvalue weighted by Gasteiger charge is -2.40. The van der Waals surface area contributed by atoms with Crippen LogP contribution in [0.4, 0.5) is 11.6 Å². The van der Waals surface area contributed by atoms with E-state index < -0.39 is 0 Å². The number of carbonyl (C=O) groups is 1. The van der Waals surface area contributed by atoms with Gasteiger partial charge in [-0.25, -0.2) is 19.7 Å². The lowest BCUT2D eigenvalue weighted by atomic mass is 10.1. The smallest absolute Gasteiger partial charge is 0.339 e. The van der Waals surface area contributed by atoms with Crippen LogP contribution in [-0.2, 0) is 4.74 Å². The molecule has 122 valence electrons. The predicted molar refractivity (Wildman–Crippen MR) is 86.6 cm³/mol. The van der Waals surface area contributed by atoms with Gasteiger partial charge in [0.2, 0.25) is 0 Å². The first-order valence-corrected chi connectivity index (χ1v) is 7.57. The maximum atomic E-state index is 11.6. The van der Waals surface area contributed by atoms with Crippen molar-refractivity contribution in [3.8, 4) is 6.07 Å². The molecule has 8 nitrogen and oxygen atoms in total. The van der Waals surface area contributed by atoms with Crippen molar-refractivity contribution < 1.29 is 9.53 Å². The zero-order chi connectivity index (χ0) is 16.9. The summed E-state index contributed by atoms with van der Waals surface area (Å²) in [7, 11) is 0. The van der Waals surface area contributed by atoms with Gasteiger partial charge in [0, 0.05) is 31.7 Å². The summed E-state index contributed by atoms with van der Waals surface area (Å²) in [6.07, 6.45) is 4.56. The molecule has 3 heterocycles. The summed E-state index contributed by atoms with van der Waals surface area (Å²) in [6, 6.07) is 5.68. The van der Waals surface area contributed by atoms with E-state index in [0.29, 0.717) is 18.0 Å². The Labute approximate surface area is 139 Å². The van der Waals surface area contributed by atoms with Crippen LogP contribution in [0.2, 0.25) is 0 Å². The summed E-state index contributed by atoms with van der Waals surface area (Å²) >= 11 is 0. The largest absolute Gasteiger partial charge is 0.462 e. The number of pyridine rings is 1. The minimum Gasteiger partial charge on any atom is -0.462 e. The highest BCUT2D eigenvalue weighted by atomic mass is 16.5. The van der Waals surface area contributed by atoms with Crippen LogP contribution in [-0.4, -0.2) is 46.7 Å². The molecule has 1 saturated heterocycles.